The normalized spacial score (nSPS) is 13.5. The van der Waals surface area contributed by atoms with E-state index in [1.807, 2.05) is 43.3 Å². The summed E-state index contributed by atoms with van der Waals surface area (Å²) in [6.45, 7) is 2.13. The Balaban J connectivity index is 1.55. The van der Waals surface area contributed by atoms with Gasteiger partial charge in [0, 0.05) is 18.2 Å². The summed E-state index contributed by atoms with van der Waals surface area (Å²) in [7, 11) is 0. The molecule has 8 heteroatoms. The van der Waals surface area contributed by atoms with E-state index in [-0.39, 0.29) is 30.6 Å². The fraction of sp³-hybridized carbons (Fsp3) is 0.308. The lowest BCUT2D eigenvalue weighted by Gasteiger charge is -2.27. The van der Waals surface area contributed by atoms with Crippen LogP contribution in [-0.2, 0) is 24.1 Å². The second kappa shape index (κ2) is 9.75. The first kappa shape index (κ1) is 23.6. The van der Waals surface area contributed by atoms with Gasteiger partial charge in [-0.3, -0.25) is 9.59 Å². The molecule has 2 amide bonds. The van der Waals surface area contributed by atoms with Crippen molar-refractivity contribution in [2.45, 2.75) is 45.1 Å². The quantitative estimate of drug-likeness (QED) is 0.441. The number of carbonyl (C=O) groups excluding carboxylic acids is 2. The van der Waals surface area contributed by atoms with Crippen LogP contribution in [0.5, 0.6) is 0 Å². The van der Waals surface area contributed by atoms with Crippen molar-refractivity contribution in [2.75, 3.05) is 6.54 Å². The fourth-order valence-corrected chi connectivity index (χ4v) is 3.79. The van der Waals surface area contributed by atoms with E-state index in [1.165, 1.54) is 17.0 Å². The second-order valence-electron chi connectivity index (χ2n) is 8.49. The number of carbonyl (C=O) groups is 2. The predicted octanol–water partition coefficient (Wildman–Crippen LogP) is 5.44. The number of furan rings is 1. The number of hydrogen-bond donors (Lipinski definition) is 0. The van der Waals surface area contributed by atoms with Gasteiger partial charge in [0.05, 0.1) is 12.1 Å². The number of halogens is 3. The van der Waals surface area contributed by atoms with Crippen LogP contribution in [0, 0.1) is 6.92 Å². The van der Waals surface area contributed by atoms with E-state index >= 15 is 0 Å². The largest absolute Gasteiger partial charge is 0.464 e. The lowest BCUT2D eigenvalue weighted by atomic mass is 10.1. The molecule has 0 unspecified atom stereocenters. The van der Waals surface area contributed by atoms with Gasteiger partial charge in [-0.25, -0.2) is 0 Å². The van der Waals surface area contributed by atoms with Crippen LogP contribution in [0.15, 0.2) is 71.1 Å². The van der Waals surface area contributed by atoms with E-state index in [0.717, 1.165) is 23.5 Å². The molecular formula is C26H25F3N2O3. The summed E-state index contributed by atoms with van der Waals surface area (Å²) in [5.41, 5.74) is -0.0496. The minimum Gasteiger partial charge on any atom is -0.464 e. The van der Waals surface area contributed by atoms with Crippen LogP contribution < -0.4 is 0 Å². The van der Waals surface area contributed by atoms with Gasteiger partial charge in [-0.1, -0.05) is 36.4 Å². The Morgan fingerprint density at radius 2 is 1.71 bits per heavy atom. The Kier molecular flexibility index (Phi) is 6.77. The Morgan fingerprint density at radius 1 is 0.971 bits per heavy atom. The molecule has 0 bridgehead atoms. The summed E-state index contributed by atoms with van der Waals surface area (Å²) in [6.07, 6.45) is -3.12. The molecule has 4 rings (SSSR count). The first-order chi connectivity index (χ1) is 16.2. The molecule has 0 saturated heterocycles. The lowest BCUT2D eigenvalue weighted by molar-refractivity contribution is -0.137. The number of hydrogen-bond acceptors (Lipinski definition) is 3. The van der Waals surface area contributed by atoms with Crippen LogP contribution >= 0.6 is 0 Å². The molecule has 3 aromatic rings. The molecular weight excluding hydrogens is 445 g/mol. The van der Waals surface area contributed by atoms with Crippen LogP contribution in [0.4, 0.5) is 13.2 Å². The topological polar surface area (TPSA) is 53.8 Å². The van der Waals surface area contributed by atoms with Crippen molar-refractivity contribution in [1.29, 1.82) is 0 Å². The Morgan fingerprint density at radius 3 is 2.32 bits per heavy atom. The van der Waals surface area contributed by atoms with Gasteiger partial charge in [0.1, 0.15) is 18.1 Å². The third kappa shape index (κ3) is 5.87. The number of aryl methyl sites for hydroxylation is 1. The number of rotatable bonds is 8. The minimum atomic E-state index is -4.55. The Labute approximate surface area is 195 Å². The summed E-state index contributed by atoms with van der Waals surface area (Å²) >= 11 is 0. The fourth-order valence-electron chi connectivity index (χ4n) is 3.79. The van der Waals surface area contributed by atoms with Crippen molar-refractivity contribution in [3.05, 3.63) is 94.9 Å². The highest BCUT2D eigenvalue weighted by Crippen LogP contribution is 2.32. The molecule has 0 atom stereocenters. The van der Waals surface area contributed by atoms with Gasteiger partial charge in [0.15, 0.2) is 0 Å². The maximum Gasteiger partial charge on any atom is 0.416 e. The van der Waals surface area contributed by atoms with Crippen molar-refractivity contribution < 1.29 is 27.2 Å². The maximum atomic E-state index is 13.4. The van der Waals surface area contributed by atoms with E-state index in [4.69, 9.17) is 4.42 Å². The van der Waals surface area contributed by atoms with Gasteiger partial charge in [-0.05, 0) is 55.7 Å². The Bertz CT molecular complexity index is 1150. The van der Waals surface area contributed by atoms with Crippen molar-refractivity contribution in [3.63, 3.8) is 0 Å². The molecule has 1 aliphatic carbocycles. The molecule has 1 aromatic heterocycles. The van der Waals surface area contributed by atoms with E-state index in [0.29, 0.717) is 25.1 Å². The first-order valence-electron chi connectivity index (χ1n) is 11.1. The highest BCUT2D eigenvalue weighted by molar-refractivity contribution is 5.97. The molecule has 0 spiro atoms. The van der Waals surface area contributed by atoms with Gasteiger partial charge in [-0.15, -0.1) is 0 Å². The summed E-state index contributed by atoms with van der Waals surface area (Å²) in [6, 6.07) is 17.2. The van der Waals surface area contributed by atoms with Crippen LogP contribution in [0.2, 0.25) is 0 Å². The predicted molar refractivity (Wildman–Crippen MR) is 120 cm³/mol. The van der Waals surface area contributed by atoms with Crippen LogP contribution in [0.25, 0.3) is 0 Å². The van der Waals surface area contributed by atoms with Crippen LogP contribution in [0.3, 0.4) is 0 Å². The van der Waals surface area contributed by atoms with Crippen molar-refractivity contribution in [2.24, 2.45) is 0 Å². The van der Waals surface area contributed by atoms with Crippen molar-refractivity contribution in [3.8, 4) is 0 Å². The average molecular weight is 470 g/mol. The molecule has 178 valence electrons. The summed E-state index contributed by atoms with van der Waals surface area (Å²) in [5, 5.41) is 0. The van der Waals surface area contributed by atoms with Crippen molar-refractivity contribution in [1.82, 2.24) is 9.80 Å². The van der Waals surface area contributed by atoms with Gasteiger partial charge in [-0.2, -0.15) is 13.2 Å². The van der Waals surface area contributed by atoms with Crippen molar-refractivity contribution >= 4 is 11.8 Å². The summed E-state index contributed by atoms with van der Waals surface area (Å²) in [5.74, 6) is 0.464. The average Bonchev–Trinajstić information content (AvgIpc) is 3.58. The molecule has 1 aliphatic rings. The van der Waals surface area contributed by atoms with E-state index in [2.05, 4.69) is 0 Å². The molecule has 0 N–H and O–H groups in total. The second-order valence-corrected chi connectivity index (χ2v) is 8.49. The molecule has 2 aromatic carbocycles. The molecule has 34 heavy (non-hydrogen) atoms. The van der Waals surface area contributed by atoms with Gasteiger partial charge < -0.3 is 14.2 Å². The zero-order valence-corrected chi connectivity index (χ0v) is 18.7. The molecule has 0 radical (unpaired) electrons. The zero-order chi connectivity index (χ0) is 24.3. The third-order valence-corrected chi connectivity index (χ3v) is 5.70. The maximum absolute atomic E-state index is 13.4. The number of benzene rings is 2. The van der Waals surface area contributed by atoms with Gasteiger partial charge in [0.2, 0.25) is 5.91 Å². The highest BCUT2D eigenvalue weighted by Gasteiger charge is 2.37. The lowest BCUT2D eigenvalue weighted by Crippen LogP contribution is -2.43. The molecule has 1 saturated carbocycles. The monoisotopic (exact) mass is 470 g/mol. The zero-order valence-electron chi connectivity index (χ0n) is 18.7. The summed E-state index contributed by atoms with van der Waals surface area (Å²) in [4.78, 5) is 29.5. The van der Waals surface area contributed by atoms with E-state index < -0.39 is 17.6 Å². The molecule has 0 aliphatic heterocycles. The smallest absolute Gasteiger partial charge is 0.416 e. The molecule has 1 fully saturated rings. The molecule has 1 heterocycles. The number of amides is 2. The SMILES string of the molecule is Cc1ccc(CN(Cc2ccccc2)C(=O)CN(C(=O)c2cccc(C(F)(F)F)c2)C2CC2)o1. The molecule has 5 nitrogen and oxygen atoms in total. The van der Waals surface area contributed by atoms with Gasteiger partial charge in [0.25, 0.3) is 5.91 Å². The minimum absolute atomic E-state index is 0.0780. The Hall–Kier alpha value is -3.55. The van der Waals surface area contributed by atoms with Crippen LogP contribution in [-0.4, -0.2) is 34.2 Å². The standard InChI is InChI=1S/C26H25F3N2O3/c1-18-10-13-23(34-18)16-30(15-19-6-3-2-4-7-19)24(32)17-31(22-11-12-22)25(33)20-8-5-9-21(14-20)26(27,28)29/h2-10,13-14,22H,11-12,15-17H2,1H3. The first-order valence-corrected chi connectivity index (χ1v) is 11.1. The number of alkyl halides is 3. The van der Waals surface area contributed by atoms with E-state index in [1.54, 1.807) is 11.0 Å². The third-order valence-electron chi connectivity index (χ3n) is 5.70. The van der Waals surface area contributed by atoms with Gasteiger partial charge >= 0.3 is 6.18 Å². The van der Waals surface area contributed by atoms with Crippen LogP contribution in [0.1, 0.15) is 45.8 Å². The highest BCUT2D eigenvalue weighted by atomic mass is 19.4. The number of nitrogens with zero attached hydrogens (tertiary/aromatic N) is 2. The van der Waals surface area contributed by atoms with E-state index in [9.17, 15) is 22.8 Å². The summed E-state index contributed by atoms with van der Waals surface area (Å²) < 4.78 is 45.1.